The lowest BCUT2D eigenvalue weighted by atomic mass is 10.1. The number of benzene rings is 2. The number of aryl methyl sites for hydroxylation is 2. The molecule has 122 valence electrons. The van der Waals surface area contributed by atoms with Crippen LogP contribution in [0.5, 0.6) is 0 Å². The minimum Gasteiger partial charge on any atom is -0.399 e. The Morgan fingerprint density at radius 2 is 1.92 bits per heavy atom. The van der Waals surface area contributed by atoms with Crippen molar-refractivity contribution in [1.29, 1.82) is 0 Å². The van der Waals surface area contributed by atoms with Crippen molar-refractivity contribution in [3.63, 3.8) is 0 Å². The lowest BCUT2D eigenvalue weighted by molar-refractivity contribution is 0.102. The largest absolute Gasteiger partial charge is 0.399 e. The van der Waals surface area contributed by atoms with E-state index in [4.69, 9.17) is 5.73 Å². The van der Waals surface area contributed by atoms with E-state index < -0.39 is 0 Å². The van der Waals surface area contributed by atoms with Crippen LogP contribution >= 0.6 is 0 Å². The van der Waals surface area contributed by atoms with Crippen molar-refractivity contribution in [2.75, 3.05) is 11.1 Å². The molecule has 0 atom stereocenters. The van der Waals surface area contributed by atoms with Crippen LogP contribution in [0.2, 0.25) is 0 Å². The number of carbonyl (C=O) groups is 1. The second kappa shape index (κ2) is 6.58. The lowest BCUT2D eigenvalue weighted by Crippen LogP contribution is -2.13. The van der Waals surface area contributed by atoms with Crippen molar-refractivity contribution in [3.8, 4) is 0 Å². The zero-order chi connectivity index (χ0) is 17.1. The number of hydrogen-bond donors (Lipinski definition) is 2. The Kier molecular flexibility index (Phi) is 4.33. The van der Waals surface area contributed by atoms with Gasteiger partial charge in [0.05, 0.1) is 6.33 Å². The molecule has 2 aromatic carbocycles. The van der Waals surface area contributed by atoms with E-state index in [1.165, 1.54) is 5.56 Å². The Morgan fingerprint density at radius 1 is 1.17 bits per heavy atom. The van der Waals surface area contributed by atoms with Crippen LogP contribution < -0.4 is 11.1 Å². The number of imidazole rings is 1. The summed E-state index contributed by atoms with van der Waals surface area (Å²) in [6.45, 7) is 4.64. The predicted molar refractivity (Wildman–Crippen MR) is 96.1 cm³/mol. The minimum atomic E-state index is -0.210. The molecule has 0 unspecified atom stereocenters. The van der Waals surface area contributed by atoms with Gasteiger partial charge in [0.15, 0.2) is 0 Å². The molecule has 1 heterocycles. The van der Waals surface area contributed by atoms with Gasteiger partial charge in [-0.05, 0) is 43.2 Å². The van der Waals surface area contributed by atoms with Crippen LogP contribution in [0, 0.1) is 13.8 Å². The number of nitrogens with zero attached hydrogens (tertiary/aromatic N) is 2. The van der Waals surface area contributed by atoms with Gasteiger partial charge in [0.2, 0.25) is 0 Å². The first kappa shape index (κ1) is 15.8. The summed E-state index contributed by atoms with van der Waals surface area (Å²) in [5, 5.41) is 2.91. The topological polar surface area (TPSA) is 72.9 Å². The molecule has 3 N–H and O–H groups in total. The number of hydrogen-bond acceptors (Lipinski definition) is 3. The van der Waals surface area contributed by atoms with E-state index >= 15 is 0 Å². The minimum absolute atomic E-state index is 0.210. The highest BCUT2D eigenvalue weighted by molar-refractivity contribution is 6.03. The first-order valence-corrected chi connectivity index (χ1v) is 7.76. The van der Waals surface area contributed by atoms with Crippen LogP contribution in [0.15, 0.2) is 55.0 Å². The molecule has 0 saturated carbocycles. The van der Waals surface area contributed by atoms with E-state index in [1.807, 2.05) is 60.9 Å². The smallest absolute Gasteiger partial charge is 0.275 e. The van der Waals surface area contributed by atoms with Crippen LogP contribution in [0.3, 0.4) is 0 Å². The summed E-state index contributed by atoms with van der Waals surface area (Å²) in [4.78, 5) is 16.6. The molecule has 0 aliphatic heterocycles. The molecule has 24 heavy (non-hydrogen) atoms. The molecule has 0 spiro atoms. The van der Waals surface area contributed by atoms with Crippen molar-refractivity contribution in [3.05, 3.63) is 77.4 Å². The molecule has 5 heteroatoms. The van der Waals surface area contributed by atoms with Gasteiger partial charge in [-0.2, -0.15) is 0 Å². The highest BCUT2D eigenvalue weighted by Crippen LogP contribution is 2.17. The van der Waals surface area contributed by atoms with Gasteiger partial charge >= 0.3 is 0 Å². The second-order valence-electron chi connectivity index (χ2n) is 5.95. The summed E-state index contributed by atoms with van der Waals surface area (Å²) >= 11 is 0. The average molecular weight is 320 g/mol. The summed E-state index contributed by atoms with van der Waals surface area (Å²) in [5.41, 5.74) is 10.9. The van der Waals surface area contributed by atoms with E-state index in [1.54, 1.807) is 12.5 Å². The number of aromatic nitrogens is 2. The third-order valence-electron chi connectivity index (χ3n) is 3.84. The molecular formula is C19H20N4O. The normalized spacial score (nSPS) is 10.6. The highest BCUT2D eigenvalue weighted by atomic mass is 16.1. The Morgan fingerprint density at radius 3 is 2.62 bits per heavy atom. The zero-order valence-corrected chi connectivity index (χ0v) is 13.8. The van der Waals surface area contributed by atoms with Crippen LogP contribution in [-0.4, -0.2) is 15.5 Å². The average Bonchev–Trinajstić information content (AvgIpc) is 3.01. The number of anilines is 2. The molecule has 0 aliphatic rings. The van der Waals surface area contributed by atoms with Crippen molar-refractivity contribution in [2.45, 2.75) is 20.4 Å². The Bertz CT molecular complexity index is 865. The van der Waals surface area contributed by atoms with Crippen molar-refractivity contribution >= 4 is 17.3 Å². The summed E-state index contributed by atoms with van der Waals surface area (Å²) in [5.74, 6) is -0.210. The maximum absolute atomic E-state index is 12.4. The first-order valence-electron chi connectivity index (χ1n) is 7.76. The van der Waals surface area contributed by atoms with Crippen LogP contribution in [0.1, 0.15) is 27.2 Å². The fourth-order valence-electron chi connectivity index (χ4n) is 2.54. The molecule has 1 aromatic heterocycles. The number of amides is 1. The van der Waals surface area contributed by atoms with Crippen LogP contribution in [0.25, 0.3) is 0 Å². The van der Waals surface area contributed by atoms with E-state index in [-0.39, 0.29) is 5.91 Å². The lowest BCUT2D eigenvalue weighted by Gasteiger charge is -2.07. The molecule has 1 amide bonds. The zero-order valence-electron chi connectivity index (χ0n) is 13.8. The Hall–Kier alpha value is -3.08. The molecule has 0 saturated heterocycles. The van der Waals surface area contributed by atoms with Gasteiger partial charge < -0.3 is 15.6 Å². The molecule has 5 nitrogen and oxygen atoms in total. The van der Waals surface area contributed by atoms with Gasteiger partial charge in [0.1, 0.15) is 5.69 Å². The van der Waals surface area contributed by atoms with E-state index in [2.05, 4.69) is 10.3 Å². The SMILES string of the molecule is Cc1ccc(NC(=O)c2cn(Cc3ccc(N)cc3)cn2)c(C)c1. The Balaban J connectivity index is 1.70. The quantitative estimate of drug-likeness (QED) is 0.724. The highest BCUT2D eigenvalue weighted by Gasteiger charge is 2.11. The first-order chi connectivity index (χ1) is 11.5. The van der Waals surface area contributed by atoms with Gasteiger partial charge in [-0.25, -0.2) is 4.98 Å². The molecule has 3 aromatic rings. The number of carbonyl (C=O) groups excluding carboxylic acids is 1. The molecule has 0 fully saturated rings. The number of nitrogens with one attached hydrogen (secondary N) is 1. The summed E-state index contributed by atoms with van der Waals surface area (Å²) in [6.07, 6.45) is 3.41. The number of nitrogen functional groups attached to an aromatic ring is 1. The fraction of sp³-hybridized carbons (Fsp3) is 0.158. The molecule has 0 bridgehead atoms. The standard InChI is InChI=1S/C19H20N4O/c1-13-3-8-17(14(2)9-13)22-19(24)18-11-23(12-21-18)10-15-4-6-16(20)7-5-15/h3-9,11-12H,10,20H2,1-2H3,(H,22,24). The molecule has 0 aliphatic carbocycles. The Labute approximate surface area is 141 Å². The molecular weight excluding hydrogens is 300 g/mol. The monoisotopic (exact) mass is 320 g/mol. The fourth-order valence-corrected chi connectivity index (χ4v) is 2.54. The summed E-state index contributed by atoms with van der Waals surface area (Å²) in [6, 6.07) is 13.6. The van der Waals surface area contributed by atoms with Crippen molar-refractivity contribution in [2.24, 2.45) is 0 Å². The van der Waals surface area contributed by atoms with E-state index in [9.17, 15) is 4.79 Å². The van der Waals surface area contributed by atoms with Gasteiger partial charge in [-0.15, -0.1) is 0 Å². The third kappa shape index (κ3) is 3.63. The van der Waals surface area contributed by atoms with Gasteiger partial charge in [0.25, 0.3) is 5.91 Å². The predicted octanol–water partition coefficient (Wildman–Crippen LogP) is 3.38. The molecule has 3 rings (SSSR count). The van der Waals surface area contributed by atoms with Gasteiger partial charge in [-0.3, -0.25) is 4.79 Å². The number of rotatable bonds is 4. The summed E-state index contributed by atoms with van der Waals surface area (Å²) < 4.78 is 1.88. The number of nitrogens with two attached hydrogens (primary N) is 1. The third-order valence-corrected chi connectivity index (χ3v) is 3.84. The second-order valence-corrected chi connectivity index (χ2v) is 5.95. The van der Waals surface area contributed by atoms with Crippen molar-refractivity contribution in [1.82, 2.24) is 9.55 Å². The van der Waals surface area contributed by atoms with E-state index in [0.717, 1.165) is 22.5 Å². The maximum atomic E-state index is 12.4. The summed E-state index contributed by atoms with van der Waals surface area (Å²) in [7, 11) is 0. The van der Waals surface area contributed by atoms with Crippen LogP contribution in [-0.2, 0) is 6.54 Å². The van der Waals surface area contributed by atoms with Crippen LogP contribution in [0.4, 0.5) is 11.4 Å². The van der Waals surface area contributed by atoms with Gasteiger partial charge in [-0.1, -0.05) is 29.8 Å². The van der Waals surface area contributed by atoms with Gasteiger partial charge in [0, 0.05) is 24.1 Å². The molecule has 0 radical (unpaired) electrons. The maximum Gasteiger partial charge on any atom is 0.275 e. The van der Waals surface area contributed by atoms with Crippen molar-refractivity contribution < 1.29 is 4.79 Å². The van der Waals surface area contributed by atoms with E-state index in [0.29, 0.717) is 12.2 Å².